The molecule has 1 aliphatic heterocycles. The first-order valence-electron chi connectivity index (χ1n) is 8.76. The fourth-order valence-corrected chi connectivity index (χ4v) is 4.09. The number of amides is 1. The van der Waals surface area contributed by atoms with Gasteiger partial charge in [-0.3, -0.25) is 4.79 Å². The van der Waals surface area contributed by atoms with Crippen LogP contribution in [0.2, 0.25) is 0 Å². The average Bonchev–Trinajstić information content (AvgIpc) is 3.07. The summed E-state index contributed by atoms with van der Waals surface area (Å²) in [6, 6.07) is -0.618. The molecule has 3 rings (SSSR count). The van der Waals surface area contributed by atoms with Crippen LogP contribution in [-0.2, 0) is 11.3 Å². The van der Waals surface area contributed by atoms with Crippen LogP contribution in [0, 0.1) is 22.0 Å². The monoisotopic (exact) mass is 371 g/mol. The predicted octanol–water partition coefficient (Wildman–Crippen LogP) is 1.97. The molecule has 1 saturated carbocycles. The van der Waals surface area contributed by atoms with Crippen molar-refractivity contribution in [2.24, 2.45) is 17.6 Å². The molecule has 8 nitrogen and oxygen atoms in total. The van der Waals surface area contributed by atoms with Crippen molar-refractivity contribution in [3.63, 3.8) is 0 Å². The van der Waals surface area contributed by atoms with Crippen LogP contribution in [0.4, 0.5) is 5.95 Å². The van der Waals surface area contributed by atoms with Gasteiger partial charge in [0.25, 0.3) is 0 Å². The van der Waals surface area contributed by atoms with E-state index < -0.39 is 11.0 Å². The number of aryl methyl sites for hydroxylation is 1. The normalized spacial score (nSPS) is 24.1. The Morgan fingerprint density at radius 1 is 1.36 bits per heavy atom. The molecule has 0 bridgehead atoms. The number of aromatic nitrogens is 2. The quantitative estimate of drug-likeness (QED) is 0.628. The fraction of sp³-hybridized carbons (Fsp3) is 0.750. The first kappa shape index (κ1) is 19.7. The van der Waals surface area contributed by atoms with Crippen molar-refractivity contribution in [1.82, 2.24) is 14.5 Å². The van der Waals surface area contributed by atoms with Crippen LogP contribution in [0.1, 0.15) is 38.5 Å². The van der Waals surface area contributed by atoms with Gasteiger partial charge in [-0.05, 0) is 29.6 Å². The van der Waals surface area contributed by atoms with E-state index in [2.05, 4.69) is 4.98 Å². The van der Waals surface area contributed by atoms with Gasteiger partial charge < -0.3 is 20.7 Å². The van der Waals surface area contributed by atoms with Crippen LogP contribution in [0.25, 0.3) is 0 Å². The topological polar surface area (TPSA) is 107 Å². The molecule has 3 atom stereocenters. The van der Waals surface area contributed by atoms with E-state index in [1.807, 2.05) is 4.90 Å². The SMILES string of the molecule is Cl.NC(CCn1ccnc1[N+](=O)[O-])C(=O)N1CCC2CCCCC2C1. The van der Waals surface area contributed by atoms with Gasteiger partial charge in [0, 0.05) is 19.5 Å². The number of carbonyl (C=O) groups is 1. The molecule has 2 heterocycles. The number of rotatable bonds is 5. The Balaban J connectivity index is 0.00000225. The lowest BCUT2D eigenvalue weighted by atomic mass is 9.75. The van der Waals surface area contributed by atoms with Gasteiger partial charge >= 0.3 is 5.95 Å². The Labute approximate surface area is 153 Å². The molecular weight excluding hydrogens is 346 g/mol. The lowest BCUT2D eigenvalue weighted by Gasteiger charge is -2.42. The summed E-state index contributed by atoms with van der Waals surface area (Å²) in [7, 11) is 0. The number of nitro groups is 1. The maximum atomic E-state index is 12.6. The number of hydrogen-bond donors (Lipinski definition) is 1. The Morgan fingerprint density at radius 3 is 2.80 bits per heavy atom. The third-order valence-corrected chi connectivity index (χ3v) is 5.46. The van der Waals surface area contributed by atoms with E-state index in [1.165, 1.54) is 36.4 Å². The molecule has 0 aromatic carbocycles. The maximum absolute atomic E-state index is 12.6. The van der Waals surface area contributed by atoms with Crippen molar-refractivity contribution in [1.29, 1.82) is 0 Å². The van der Waals surface area contributed by atoms with Crippen LogP contribution in [0.5, 0.6) is 0 Å². The third-order valence-electron chi connectivity index (χ3n) is 5.46. The van der Waals surface area contributed by atoms with Crippen molar-refractivity contribution >= 4 is 24.3 Å². The van der Waals surface area contributed by atoms with Crippen molar-refractivity contribution in [2.75, 3.05) is 13.1 Å². The summed E-state index contributed by atoms with van der Waals surface area (Å²) in [5, 5.41) is 10.9. The summed E-state index contributed by atoms with van der Waals surface area (Å²) < 4.78 is 1.43. The maximum Gasteiger partial charge on any atom is 0.434 e. The van der Waals surface area contributed by atoms with Gasteiger partial charge in [0.2, 0.25) is 5.91 Å². The smallest absolute Gasteiger partial charge is 0.390 e. The molecule has 1 aromatic rings. The molecule has 2 fully saturated rings. The number of imidazole rings is 1. The number of nitrogens with zero attached hydrogens (tertiary/aromatic N) is 4. The summed E-state index contributed by atoms with van der Waals surface area (Å²) in [4.78, 5) is 28.5. The molecule has 3 unspecified atom stereocenters. The zero-order valence-corrected chi connectivity index (χ0v) is 15.1. The van der Waals surface area contributed by atoms with Gasteiger partial charge in [0.15, 0.2) is 0 Å². The van der Waals surface area contributed by atoms with Crippen molar-refractivity contribution in [2.45, 2.75) is 51.1 Å². The summed E-state index contributed by atoms with van der Waals surface area (Å²) >= 11 is 0. The molecule has 1 amide bonds. The van der Waals surface area contributed by atoms with E-state index in [-0.39, 0.29) is 24.3 Å². The molecule has 140 valence electrons. The third kappa shape index (κ3) is 4.49. The van der Waals surface area contributed by atoms with Gasteiger partial charge in [0.1, 0.15) is 12.4 Å². The molecule has 0 radical (unpaired) electrons. The van der Waals surface area contributed by atoms with Crippen LogP contribution >= 0.6 is 12.4 Å². The van der Waals surface area contributed by atoms with Crippen LogP contribution in [0.3, 0.4) is 0 Å². The van der Waals surface area contributed by atoms with E-state index >= 15 is 0 Å². The van der Waals surface area contributed by atoms with E-state index in [9.17, 15) is 14.9 Å². The molecule has 2 N–H and O–H groups in total. The van der Waals surface area contributed by atoms with Crippen LogP contribution < -0.4 is 5.73 Å². The first-order chi connectivity index (χ1) is 11.6. The van der Waals surface area contributed by atoms with E-state index in [4.69, 9.17) is 5.73 Å². The Hall–Kier alpha value is -1.67. The lowest BCUT2D eigenvalue weighted by molar-refractivity contribution is -0.396. The fourth-order valence-electron chi connectivity index (χ4n) is 4.09. The molecule has 0 spiro atoms. The summed E-state index contributed by atoms with van der Waals surface area (Å²) in [6.07, 6.45) is 9.48. The number of halogens is 1. The molecular formula is C16H26ClN5O3. The summed E-state index contributed by atoms with van der Waals surface area (Å²) in [6.45, 7) is 1.93. The standard InChI is InChI=1S/C16H25N5O3.ClH/c17-14(6-9-19-10-7-18-16(19)21(23)24)15(22)20-8-5-12-3-1-2-4-13(12)11-20;/h7,10,12-14H,1-6,8-9,11,17H2;1H. The minimum atomic E-state index is -0.618. The van der Waals surface area contributed by atoms with Gasteiger partial charge in [0.05, 0.1) is 12.6 Å². The lowest BCUT2D eigenvalue weighted by Crippen LogP contribution is -2.50. The molecule has 2 aliphatic rings. The second kappa shape index (κ2) is 8.62. The molecule has 1 aromatic heterocycles. The van der Waals surface area contributed by atoms with Gasteiger partial charge in [-0.15, -0.1) is 12.4 Å². The number of nitrogens with two attached hydrogens (primary N) is 1. The van der Waals surface area contributed by atoms with Gasteiger partial charge in [-0.1, -0.05) is 24.2 Å². The summed E-state index contributed by atoms with van der Waals surface area (Å²) in [5.41, 5.74) is 6.06. The Kier molecular flexibility index (Phi) is 6.78. The van der Waals surface area contributed by atoms with E-state index in [0.29, 0.717) is 18.9 Å². The number of fused-ring (bicyclic) bond motifs is 1. The minimum absolute atomic E-state index is 0. The zero-order chi connectivity index (χ0) is 17.1. The van der Waals surface area contributed by atoms with E-state index in [0.717, 1.165) is 25.4 Å². The van der Waals surface area contributed by atoms with Crippen molar-refractivity contribution in [3.8, 4) is 0 Å². The molecule has 25 heavy (non-hydrogen) atoms. The average molecular weight is 372 g/mol. The Morgan fingerprint density at radius 2 is 2.08 bits per heavy atom. The summed E-state index contributed by atoms with van der Waals surface area (Å²) in [5.74, 6) is 1.16. The number of likely N-dealkylation sites (tertiary alicyclic amines) is 1. The van der Waals surface area contributed by atoms with Crippen LogP contribution in [-0.4, -0.2) is 44.4 Å². The Bertz CT molecular complexity index is 608. The van der Waals surface area contributed by atoms with Crippen molar-refractivity contribution in [3.05, 3.63) is 22.5 Å². The minimum Gasteiger partial charge on any atom is -0.390 e. The van der Waals surface area contributed by atoms with Crippen molar-refractivity contribution < 1.29 is 9.72 Å². The molecule has 1 saturated heterocycles. The number of carbonyl (C=O) groups excluding carboxylic acids is 1. The number of hydrogen-bond acceptors (Lipinski definition) is 5. The second-order valence-electron chi connectivity index (χ2n) is 6.95. The van der Waals surface area contributed by atoms with E-state index in [1.54, 1.807) is 6.20 Å². The highest BCUT2D eigenvalue weighted by molar-refractivity contribution is 5.85. The highest BCUT2D eigenvalue weighted by Crippen LogP contribution is 2.36. The van der Waals surface area contributed by atoms with Gasteiger partial charge in [-0.25, -0.2) is 4.57 Å². The molecule has 1 aliphatic carbocycles. The van der Waals surface area contributed by atoms with Gasteiger partial charge in [-0.2, -0.15) is 0 Å². The highest BCUT2D eigenvalue weighted by Gasteiger charge is 2.34. The number of piperidine rings is 1. The second-order valence-corrected chi connectivity index (χ2v) is 6.95. The highest BCUT2D eigenvalue weighted by atomic mass is 35.5. The zero-order valence-electron chi connectivity index (χ0n) is 14.2. The predicted molar refractivity (Wildman–Crippen MR) is 95.4 cm³/mol. The molecule has 9 heteroatoms. The van der Waals surface area contributed by atoms with Crippen LogP contribution in [0.15, 0.2) is 12.4 Å². The largest absolute Gasteiger partial charge is 0.434 e. The first-order valence-corrected chi connectivity index (χ1v) is 8.76.